The van der Waals surface area contributed by atoms with Gasteiger partial charge < -0.3 is 15.0 Å². The minimum atomic E-state index is -0.450. The summed E-state index contributed by atoms with van der Waals surface area (Å²) in [6.45, 7) is 0. The summed E-state index contributed by atoms with van der Waals surface area (Å²) in [4.78, 5) is 27.7. The van der Waals surface area contributed by atoms with Crippen LogP contribution >= 0.6 is 0 Å². The van der Waals surface area contributed by atoms with Crippen molar-refractivity contribution in [3.05, 3.63) is 65.1 Å². The van der Waals surface area contributed by atoms with Crippen LogP contribution in [0.25, 0.3) is 10.9 Å². The van der Waals surface area contributed by atoms with Gasteiger partial charge in [-0.05, 0) is 61.2 Å². The van der Waals surface area contributed by atoms with Crippen LogP contribution in [-0.4, -0.2) is 24.0 Å². The number of benzene rings is 2. The van der Waals surface area contributed by atoms with Gasteiger partial charge in [0.2, 0.25) is 5.91 Å². The zero-order valence-corrected chi connectivity index (χ0v) is 14.8. The third-order valence-electron chi connectivity index (χ3n) is 5.07. The highest BCUT2D eigenvalue weighted by Gasteiger charge is 2.27. The molecule has 1 aromatic heterocycles. The zero-order valence-electron chi connectivity index (χ0n) is 14.8. The minimum Gasteiger partial charge on any atom is -0.465 e. The van der Waals surface area contributed by atoms with Crippen LogP contribution in [0.5, 0.6) is 0 Å². The molecule has 0 saturated carbocycles. The van der Waals surface area contributed by atoms with Gasteiger partial charge in [0.05, 0.1) is 12.7 Å². The number of fused-ring (bicyclic) bond motifs is 3. The fourth-order valence-corrected chi connectivity index (χ4v) is 3.70. The second-order valence-electron chi connectivity index (χ2n) is 6.77. The third kappa shape index (κ3) is 3.30. The van der Waals surface area contributed by atoms with Crippen molar-refractivity contribution >= 4 is 28.5 Å². The number of aryl methyl sites for hydroxylation is 1. The molecular weight excluding hydrogens is 347 g/mol. The van der Waals surface area contributed by atoms with Gasteiger partial charge in [-0.1, -0.05) is 6.07 Å². The second-order valence-corrected chi connectivity index (χ2v) is 6.77. The first-order valence-corrected chi connectivity index (χ1v) is 8.83. The molecule has 27 heavy (non-hydrogen) atoms. The Morgan fingerprint density at radius 2 is 2.07 bits per heavy atom. The number of carbonyl (C=O) groups is 2. The van der Waals surface area contributed by atoms with Gasteiger partial charge in [-0.3, -0.25) is 4.79 Å². The number of hydrogen-bond acceptors (Lipinski definition) is 3. The number of methoxy groups -OCH3 is 1. The zero-order chi connectivity index (χ0) is 19.0. The summed E-state index contributed by atoms with van der Waals surface area (Å²) in [7, 11) is 1.32. The van der Waals surface area contributed by atoms with Gasteiger partial charge in [0.15, 0.2) is 0 Å². The van der Waals surface area contributed by atoms with Crippen molar-refractivity contribution in [3.8, 4) is 0 Å². The van der Waals surface area contributed by atoms with Crippen LogP contribution in [0.3, 0.4) is 0 Å². The maximum absolute atomic E-state index is 13.6. The lowest BCUT2D eigenvalue weighted by atomic mass is 9.85. The topological polar surface area (TPSA) is 71.2 Å². The van der Waals surface area contributed by atoms with Gasteiger partial charge in [0.25, 0.3) is 0 Å². The maximum atomic E-state index is 13.6. The number of aromatic nitrogens is 1. The van der Waals surface area contributed by atoms with E-state index in [1.165, 1.54) is 19.2 Å². The number of anilines is 1. The molecule has 0 radical (unpaired) electrons. The minimum absolute atomic E-state index is 0.103. The molecule has 6 heteroatoms. The van der Waals surface area contributed by atoms with E-state index in [1.54, 1.807) is 30.3 Å². The molecular formula is C21H19FN2O3. The first kappa shape index (κ1) is 17.3. The molecule has 5 nitrogen and oxygen atoms in total. The summed E-state index contributed by atoms with van der Waals surface area (Å²) >= 11 is 0. The van der Waals surface area contributed by atoms with Crippen LogP contribution in [0.2, 0.25) is 0 Å². The van der Waals surface area contributed by atoms with Crippen molar-refractivity contribution in [3.63, 3.8) is 0 Å². The molecule has 2 aromatic carbocycles. The molecule has 1 aliphatic rings. The number of H-pyrrole nitrogens is 1. The Labute approximate surface area is 155 Å². The number of hydrogen-bond donors (Lipinski definition) is 2. The molecule has 0 saturated heterocycles. The van der Waals surface area contributed by atoms with Crippen molar-refractivity contribution in [1.29, 1.82) is 0 Å². The summed E-state index contributed by atoms with van der Waals surface area (Å²) < 4.78 is 18.3. The normalized spacial score (nSPS) is 16.0. The van der Waals surface area contributed by atoms with E-state index in [2.05, 4.69) is 10.3 Å². The van der Waals surface area contributed by atoms with Crippen LogP contribution in [-0.2, 0) is 22.4 Å². The maximum Gasteiger partial charge on any atom is 0.337 e. The molecule has 0 fully saturated rings. The number of amides is 1. The quantitative estimate of drug-likeness (QED) is 0.692. The van der Waals surface area contributed by atoms with Gasteiger partial charge in [-0.15, -0.1) is 0 Å². The first-order valence-electron chi connectivity index (χ1n) is 8.83. The van der Waals surface area contributed by atoms with Crippen LogP contribution in [0.1, 0.15) is 28.0 Å². The van der Waals surface area contributed by atoms with E-state index in [1.807, 2.05) is 0 Å². The Bertz CT molecular complexity index is 1040. The van der Waals surface area contributed by atoms with Crippen molar-refractivity contribution < 1.29 is 18.7 Å². The average Bonchev–Trinajstić information content (AvgIpc) is 3.04. The molecule has 3 aromatic rings. The Morgan fingerprint density at radius 1 is 1.22 bits per heavy atom. The number of rotatable bonds is 3. The van der Waals surface area contributed by atoms with Crippen molar-refractivity contribution in [2.24, 2.45) is 5.92 Å². The smallest absolute Gasteiger partial charge is 0.337 e. The van der Waals surface area contributed by atoms with E-state index >= 15 is 0 Å². The van der Waals surface area contributed by atoms with Crippen molar-refractivity contribution in [2.45, 2.75) is 19.3 Å². The molecule has 0 bridgehead atoms. The molecule has 1 aliphatic carbocycles. The Kier molecular flexibility index (Phi) is 4.39. The summed E-state index contributed by atoms with van der Waals surface area (Å²) in [5.41, 5.74) is 3.92. The predicted molar refractivity (Wildman–Crippen MR) is 100 cm³/mol. The summed E-state index contributed by atoms with van der Waals surface area (Å²) in [6.07, 6.45) is 2.01. The van der Waals surface area contributed by atoms with E-state index in [9.17, 15) is 14.0 Å². The van der Waals surface area contributed by atoms with E-state index < -0.39 is 5.97 Å². The van der Waals surface area contributed by atoms with E-state index in [4.69, 9.17) is 4.74 Å². The van der Waals surface area contributed by atoms with Gasteiger partial charge in [-0.2, -0.15) is 0 Å². The number of esters is 1. The van der Waals surface area contributed by atoms with E-state index in [-0.39, 0.29) is 17.6 Å². The van der Waals surface area contributed by atoms with Gasteiger partial charge >= 0.3 is 5.97 Å². The van der Waals surface area contributed by atoms with Gasteiger partial charge in [0.1, 0.15) is 5.82 Å². The fourth-order valence-electron chi connectivity index (χ4n) is 3.70. The number of aromatic amines is 1. The molecule has 0 aliphatic heterocycles. The van der Waals surface area contributed by atoms with E-state index in [0.29, 0.717) is 24.1 Å². The molecule has 1 amide bonds. The molecule has 2 N–H and O–H groups in total. The molecule has 138 valence electrons. The van der Waals surface area contributed by atoms with Crippen molar-refractivity contribution in [2.75, 3.05) is 12.4 Å². The van der Waals surface area contributed by atoms with Crippen LogP contribution in [0.4, 0.5) is 10.1 Å². The molecule has 1 unspecified atom stereocenters. The second kappa shape index (κ2) is 6.87. The molecule has 1 atom stereocenters. The monoisotopic (exact) mass is 366 g/mol. The third-order valence-corrected chi connectivity index (χ3v) is 5.07. The lowest BCUT2D eigenvalue weighted by Crippen LogP contribution is -2.28. The summed E-state index contributed by atoms with van der Waals surface area (Å²) in [6, 6.07) is 11.3. The van der Waals surface area contributed by atoms with E-state index in [0.717, 1.165) is 28.6 Å². The fraction of sp³-hybridized carbons (Fsp3) is 0.238. The molecule has 4 rings (SSSR count). The molecule has 1 heterocycles. The first-order chi connectivity index (χ1) is 13.0. The highest BCUT2D eigenvalue weighted by atomic mass is 19.1. The Balaban J connectivity index is 1.54. The van der Waals surface area contributed by atoms with Gasteiger partial charge in [-0.25, -0.2) is 9.18 Å². The van der Waals surface area contributed by atoms with Crippen LogP contribution in [0, 0.1) is 11.7 Å². The van der Waals surface area contributed by atoms with Crippen LogP contribution in [0.15, 0.2) is 42.5 Å². The lowest BCUT2D eigenvalue weighted by molar-refractivity contribution is -0.120. The van der Waals surface area contributed by atoms with Gasteiger partial charge in [0, 0.05) is 28.2 Å². The number of carbonyl (C=O) groups excluding carboxylic acids is 2. The summed E-state index contributed by atoms with van der Waals surface area (Å²) in [5, 5.41) is 3.73. The van der Waals surface area contributed by atoms with Crippen LogP contribution < -0.4 is 5.32 Å². The largest absolute Gasteiger partial charge is 0.465 e. The predicted octanol–water partition coefficient (Wildman–Crippen LogP) is 3.84. The number of halogens is 1. The lowest BCUT2D eigenvalue weighted by Gasteiger charge is -2.22. The Hall–Kier alpha value is -3.15. The average molecular weight is 366 g/mol. The SMILES string of the molecule is COC(=O)c1cccc(NC(=O)C2CCc3[nH]c4ccc(F)cc4c3C2)c1. The Morgan fingerprint density at radius 3 is 2.89 bits per heavy atom. The highest BCUT2D eigenvalue weighted by molar-refractivity contribution is 5.96. The summed E-state index contributed by atoms with van der Waals surface area (Å²) in [5.74, 6) is -1.04. The van der Waals surface area contributed by atoms with Crippen molar-refractivity contribution in [1.82, 2.24) is 4.98 Å². The highest BCUT2D eigenvalue weighted by Crippen LogP contribution is 2.32. The number of nitrogens with one attached hydrogen (secondary N) is 2. The molecule has 0 spiro atoms. The number of ether oxygens (including phenoxy) is 1. The standard InChI is InChI=1S/C21H19FN2O3/c1-27-21(26)13-3-2-4-15(9-13)23-20(25)12-5-7-18-16(10-12)17-11-14(22)6-8-19(17)24-18/h2-4,6,8-9,11-12,24H,5,7,10H2,1H3,(H,23,25).